The third-order valence-electron chi connectivity index (χ3n) is 7.98. The highest BCUT2D eigenvalue weighted by molar-refractivity contribution is 8.93. The zero-order valence-corrected chi connectivity index (χ0v) is 25.4. The molecule has 0 radical (unpaired) electrons. The predicted octanol–water partition coefficient (Wildman–Crippen LogP) is 9.82. The number of halogens is 1. The van der Waals surface area contributed by atoms with Crippen molar-refractivity contribution < 1.29 is 13.6 Å². The molecule has 0 bridgehead atoms. The number of aromatic nitrogens is 2. The largest absolute Gasteiger partial charge is 0.456 e. The molecule has 8 aromatic rings. The molecule has 0 atom stereocenters. The first kappa shape index (κ1) is 27.6. The summed E-state index contributed by atoms with van der Waals surface area (Å²) in [7, 11) is 0. The van der Waals surface area contributed by atoms with Crippen LogP contribution in [0, 0.1) is 0 Å². The van der Waals surface area contributed by atoms with E-state index in [1.165, 1.54) is 0 Å². The molecule has 0 aliphatic carbocycles. The molecule has 3 heterocycles. The smallest absolute Gasteiger partial charge is 0.182 e. The quantitative estimate of drug-likeness (QED) is 0.163. The number of allylic oxidation sites excluding steroid dienone is 1. The molecule has 0 fully saturated rings. The molecule has 3 aromatic heterocycles. The van der Waals surface area contributed by atoms with E-state index in [-0.39, 0.29) is 29.3 Å². The summed E-state index contributed by atoms with van der Waals surface area (Å²) in [6.45, 7) is 0.187. The zero-order chi connectivity index (χ0) is 28.8. The Balaban J connectivity index is 0.00000312. The van der Waals surface area contributed by atoms with Crippen LogP contribution < -0.4 is 0 Å². The van der Waals surface area contributed by atoms with Crippen molar-refractivity contribution in [1.82, 2.24) is 9.55 Å². The fourth-order valence-corrected chi connectivity index (χ4v) is 5.80. The Morgan fingerprint density at radius 3 is 1.93 bits per heavy atom. The van der Waals surface area contributed by atoms with Crippen LogP contribution in [-0.4, -0.2) is 15.3 Å². The summed E-state index contributed by atoms with van der Waals surface area (Å²) < 4.78 is 14.6. The van der Waals surface area contributed by atoms with Crippen molar-refractivity contribution in [2.75, 3.05) is 0 Å². The average molecular weight is 640 g/mol. The molecule has 0 saturated carbocycles. The molecule has 0 amide bonds. The number of carbonyl (C=O) groups is 1. The molecule has 0 saturated heterocycles. The van der Waals surface area contributed by atoms with Crippen molar-refractivity contribution in [1.29, 1.82) is 0 Å². The molecule has 44 heavy (non-hydrogen) atoms. The van der Waals surface area contributed by atoms with Gasteiger partial charge in [0.15, 0.2) is 5.78 Å². The van der Waals surface area contributed by atoms with E-state index in [1.807, 2.05) is 126 Å². The minimum absolute atomic E-state index is 0. The summed E-state index contributed by atoms with van der Waals surface area (Å²) in [5.74, 6) is 2.26. The molecule has 5 nitrogen and oxygen atoms in total. The summed E-state index contributed by atoms with van der Waals surface area (Å²) in [5.41, 5.74) is 4.93. The van der Waals surface area contributed by atoms with Gasteiger partial charge in [-0.2, -0.15) is 0 Å². The third kappa shape index (κ3) is 5.03. The standard InChI is InChI=1S/C38H26N2O3.BrH/c41-33(27-18-17-25-9-1-2-10-26(25)21-27)24-40-32-14-6-5-13-31(32)39-38(40)20-19-30(36-22-28-11-3-7-15-34(28)42-36)37-23-29-12-4-8-16-35(29)43-37;/h1-19,21-23H,20,24H2;1H. The third-order valence-corrected chi connectivity index (χ3v) is 7.98. The lowest BCUT2D eigenvalue weighted by molar-refractivity contribution is 0.0972. The van der Waals surface area contributed by atoms with Crippen LogP contribution in [0.3, 0.4) is 0 Å². The minimum atomic E-state index is 0. The van der Waals surface area contributed by atoms with Crippen molar-refractivity contribution in [2.45, 2.75) is 13.0 Å². The van der Waals surface area contributed by atoms with Crippen LogP contribution in [0.4, 0.5) is 0 Å². The van der Waals surface area contributed by atoms with E-state index in [2.05, 4.69) is 12.1 Å². The van der Waals surface area contributed by atoms with Crippen LogP contribution in [0.5, 0.6) is 0 Å². The number of Topliss-reactive ketones (excluding diaryl/α,β-unsaturated/α-hetero) is 1. The highest BCUT2D eigenvalue weighted by Gasteiger charge is 2.18. The fourth-order valence-electron chi connectivity index (χ4n) is 5.80. The number of carbonyl (C=O) groups excluding carboxylic acids is 1. The molecule has 5 aromatic carbocycles. The number of furan rings is 2. The van der Waals surface area contributed by atoms with E-state index in [0.717, 1.165) is 66.7 Å². The summed E-state index contributed by atoms with van der Waals surface area (Å²) >= 11 is 0. The van der Waals surface area contributed by atoms with Gasteiger partial charge in [-0.25, -0.2) is 4.98 Å². The lowest BCUT2D eigenvalue weighted by Gasteiger charge is -2.09. The second kappa shape index (κ2) is 11.5. The highest BCUT2D eigenvalue weighted by Crippen LogP contribution is 2.33. The topological polar surface area (TPSA) is 61.2 Å². The van der Waals surface area contributed by atoms with E-state index >= 15 is 0 Å². The molecular formula is C38H27BrN2O3. The minimum Gasteiger partial charge on any atom is -0.456 e. The lowest BCUT2D eigenvalue weighted by atomic mass is 10.0. The van der Waals surface area contributed by atoms with Crippen LogP contribution in [0.25, 0.3) is 49.3 Å². The zero-order valence-electron chi connectivity index (χ0n) is 23.6. The fraction of sp³-hybridized carbons (Fsp3) is 0.0526. The van der Waals surface area contributed by atoms with E-state index in [9.17, 15) is 4.79 Å². The van der Waals surface area contributed by atoms with Gasteiger partial charge in [0, 0.05) is 22.8 Å². The Hall–Kier alpha value is -5.20. The van der Waals surface area contributed by atoms with Crippen molar-refractivity contribution in [2.24, 2.45) is 0 Å². The molecule has 0 spiro atoms. The molecule has 214 valence electrons. The van der Waals surface area contributed by atoms with E-state index in [4.69, 9.17) is 13.8 Å². The SMILES string of the molecule is Br.O=C(Cn1c(CC=C(c2cc3ccccc3o2)c2cc3ccccc3o2)nc2ccccc21)c1ccc2ccccc2c1. The maximum atomic E-state index is 13.6. The average Bonchev–Trinajstić information content (AvgIpc) is 3.76. The number of hydrogen-bond acceptors (Lipinski definition) is 4. The monoisotopic (exact) mass is 638 g/mol. The number of rotatable bonds is 7. The number of benzene rings is 5. The van der Waals surface area contributed by atoms with Gasteiger partial charge < -0.3 is 13.4 Å². The van der Waals surface area contributed by atoms with Gasteiger partial charge in [-0.05, 0) is 53.2 Å². The van der Waals surface area contributed by atoms with E-state index in [1.54, 1.807) is 0 Å². The Morgan fingerprint density at radius 2 is 1.25 bits per heavy atom. The van der Waals surface area contributed by atoms with Crippen LogP contribution in [0.15, 0.2) is 142 Å². The van der Waals surface area contributed by atoms with E-state index < -0.39 is 0 Å². The van der Waals surface area contributed by atoms with Gasteiger partial charge in [0.05, 0.1) is 23.2 Å². The van der Waals surface area contributed by atoms with Gasteiger partial charge in [0.25, 0.3) is 0 Å². The summed E-state index contributed by atoms with van der Waals surface area (Å²) in [6.07, 6.45) is 2.57. The molecule has 0 N–H and O–H groups in total. The molecular weight excluding hydrogens is 612 g/mol. The summed E-state index contributed by atoms with van der Waals surface area (Å²) in [6, 6.07) is 42.0. The lowest BCUT2D eigenvalue weighted by Crippen LogP contribution is -2.13. The number of hydrogen-bond donors (Lipinski definition) is 0. The predicted molar refractivity (Wildman–Crippen MR) is 182 cm³/mol. The number of imidazole rings is 1. The van der Waals surface area contributed by atoms with Gasteiger partial charge in [0.2, 0.25) is 0 Å². The van der Waals surface area contributed by atoms with Crippen LogP contribution >= 0.6 is 17.0 Å². The van der Waals surface area contributed by atoms with Gasteiger partial charge in [-0.3, -0.25) is 4.79 Å². The number of nitrogens with zero attached hydrogens (tertiary/aromatic N) is 2. The Kier molecular flexibility index (Phi) is 7.20. The van der Waals surface area contributed by atoms with Crippen molar-refractivity contribution in [3.05, 3.63) is 156 Å². The summed E-state index contributed by atoms with van der Waals surface area (Å²) in [5, 5.41) is 4.20. The Labute approximate surface area is 263 Å². The van der Waals surface area contributed by atoms with Crippen LogP contribution in [0.2, 0.25) is 0 Å². The first-order chi connectivity index (χ1) is 21.2. The Bertz CT molecular complexity index is 2200. The van der Waals surface area contributed by atoms with Crippen LogP contribution in [-0.2, 0) is 13.0 Å². The molecule has 0 unspecified atom stereocenters. The maximum Gasteiger partial charge on any atom is 0.182 e. The molecule has 6 heteroatoms. The highest BCUT2D eigenvalue weighted by atomic mass is 79.9. The molecule has 8 rings (SSSR count). The first-order valence-electron chi connectivity index (χ1n) is 14.3. The second-order valence-electron chi connectivity index (χ2n) is 10.7. The van der Waals surface area contributed by atoms with Crippen molar-refractivity contribution in [3.8, 4) is 0 Å². The maximum absolute atomic E-state index is 13.6. The normalized spacial score (nSPS) is 11.3. The van der Waals surface area contributed by atoms with Gasteiger partial charge >= 0.3 is 0 Å². The second-order valence-corrected chi connectivity index (χ2v) is 10.7. The van der Waals surface area contributed by atoms with Gasteiger partial charge in [0.1, 0.15) is 28.5 Å². The number of para-hydroxylation sites is 4. The van der Waals surface area contributed by atoms with Crippen molar-refractivity contribution >= 4 is 72.1 Å². The number of fused-ring (bicyclic) bond motifs is 4. The first-order valence-corrected chi connectivity index (χ1v) is 14.3. The van der Waals surface area contributed by atoms with Gasteiger partial charge in [-0.15, -0.1) is 17.0 Å². The van der Waals surface area contributed by atoms with Gasteiger partial charge in [-0.1, -0.05) is 91.0 Å². The summed E-state index contributed by atoms with van der Waals surface area (Å²) in [4.78, 5) is 18.6. The van der Waals surface area contributed by atoms with Crippen LogP contribution in [0.1, 0.15) is 27.7 Å². The Morgan fingerprint density at radius 1 is 0.659 bits per heavy atom. The van der Waals surface area contributed by atoms with Crippen molar-refractivity contribution in [3.63, 3.8) is 0 Å². The number of ketones is 1. The molecule has 0 aliphatic rings. The molecule has 0 aliphatic heterocycles. The van der Waals surface area contributed by atoms with E-state index in [0.29, 0.717) is 12.0 Å².